The van der Waals surface area contributed by atoms with Gasteiger partial charge in [-0.25, -0.2) is 9.97 Å². The van der Waals surface area contributed by atoms with Gasteiger partial charge in [-0.1, -0.05) is 35.3 Å². The minimum atomic E-state index is -0.454. The summed E-state index contributed by atoms with van der Waals surface area (Å²) in [6, 6.07) is 7.66. The molecule has 182 valence electrons. The van der Waals surface area contributed by atoms with Gasteiger partial charge in [-0.05, 0) is 40.0 Å². The summed E-state index contributed by atoms with van der Waals surface area (Å²) in [5.41, 5.74) is 2.81. The third kappa shape index (κ3) is 5.03. The summed E-state index contributed by atoms with van der Waals surface area (Å²) >= 11 is 17.6. The summed E-state index contributed by atoms with van der Waals surface area (Å²) in [7, 11) is 2.89. The van der Waals surface area contributed by atoms with Crippen molar-refractivity contribution in [1.82, 2.24) is 9.97 Å². The number of aliphatic hydroxyl groups is 1. The highest BCUT2D eigenvalue weighted by Crippen LogP contribution is 2.50. The van der Waals surface area contributed by atoms with Gasteiger partial charge in [0.2, 0.25) is 0 Å². The van der Waals surface area contributed by atoms with E-state index in [0.29, 0.717) is 32.5 Å². The average Bonchev–Trinajstić information content (AvgIpc) is 3.29. The molecule has 1 amide bonds. The minimum absolute atomic E-state index is 0.0928. The van der Waals surface area contributed by atoms with E-state index in [1.807, 2.05) is 24.3 Å². The first-order valence-corrected chi connectivity index (χ1v) is 12.6. The zero-order valence-corrected chi connectivity index (χ0v) is 22.4. The Morgan fingerprint density at radius 3 is 2.37 bits per heavy atom. The zero-order chi connectivity index (χ0) is 25.1. The van der Waals surface area contributed by atoms with Crippen LogP contribution in [0.5, 0.6) is 11.5 Å². The van der Waals surface area contributed by atoms with Gasteiger partial charge in [0.25, 0.3) is 5.91 Å². The molecule has 0 saturated heterocycles. The summed E-state index contributed by atoms with van der Waals surface area (Å²) in [6.45, 7) is 0.0928. The number of methoxy groups -OCH3 is 2. The lowest BCUT2D eigenvalue weighted by atomic mass is 10.1. The van der Waals surface area contributed by atoms with Crippen molar-refractivity contribution in [3.63, 3.8) is 0 Å². The van der Waals surface area contributed by atoms with Gasteiger partial charge in [-0.2, -0.15) is 0 Å². The van der Waals surface area contributed by atoms with Gasteiger partial charge in [0.15, 0.2) is 17.3 Å². The van der Waals surface area contributed by atoms with Crippen molar-refractivity contribution in [2.24, 2.45) is 0 Å². The first kappa shape index (κ1) is 25.5. The second-order valence-corrected chi connectivity index (χ2v) is 9.61. The molecule has 0 aliphatic heterocycles. The highest BCUT2D eigenvalue weighted by atomic mass is 79.9. The molecule has 0 aliphatic rings. The second kappa shape index (κ2) is 11.0. The second-order valence-electron chi connectivity index (χ2n) is 7.18. The summed E-state index contributed by atoms with van der Waals surface area (Å²) in [4.78, 5) is 21.9. The Bertz CT molecular complexity index is 1370. The number of anilines is 3. The van der Waals surface area contributed by atoms with E-state index >= 15 is 0 Å². The van der Waals surface area contributed by atoms with Crippen molar-refractivity contribution in [2.75, 3.05) is 31.5 Å². The van der Waals surface area contributed by atoms with E-state index in [-0.39, 0.29) is 33.8 Å². The highest BCUT2D eigenvalue weighted by molar-refractivity contribution is 9.10. The maximum absolute atomic E-state index is 13.2. The molecule has 0 unspecified atom stereocenters. The Balaban J connectivity index is 1.65. The number of benzene rings is 2. The van der Waals surface area contributed by atoms with Crippen LogP contribution in [-0.2, 0) is 6.42 Å². The van der Waals surface area contributed by atoms with Crippen LogP contribution in [0, 0.1) is 0 Å². The number of aliphatic hydroxyl groups excluding tert-OH is 1. The van der Waals surface area contributed by atoms with Gasteiger partial charge in [0.05, 0.1) is 35.7 Å². The molecule has 0 spiro atoms. The summed E-state index contributed by atoms with van der Waals surface area (Å²) in [5.74, 6) is 0.663. The molecule has 8 nitrogen and oxygen atoms in total. The minimum Gasteiger partial charge on any atom is -0.494 e. The van der Waals surface area contributed by atoms with Crippen molar-refractivity contribution in [2.45, 2.75) is 6.42 Å². The number of nitrogens with one attached hydrogen (secondary N) is 2. The molecular weight excluding hydrogens is 579 g/mol. The van der Waals surface area contributed by atoms with Crippen LogP contribution in [0.15, 0.2) is 40.4 Å². The fourth-order valence-electron chi connectivity index (χ4n) is 3.39. The number of amides is 1. The van der Waals surface area contributed by atoms with Crippen LogP contribution in [0.2, 0.25) is 10.0 Å². The Morgan fingerprint density at radius 2 is 1.77 bits per heavy atom. The van der Waals surface area contributed by atoms with Gasteiger partial charge in [-0.3, -0.25) is 4.79 Å². The smallest absolute Gasteiger partial charge is 0.258 e. The maximum Gasteiger partial charge on any atom is 0.258 e. The first-order valence-electron chi connectivity index (χ1n) is 10.2. The number of nitrogens with zero attached hydrogens (tertiary/aromatic N) is 2. The van der Waals surface area contributed by atoms with Crippen LogP contribution in [0.1, 0.15) is 15.9 Å². The van der Waals surface area contributed by atoms with E-state index in [1.54, 1.807) is 5.38 Å². The van der Waals surface area contributed by atoms with E-state index in [9.17, 15) is 4.79 Å². The Hall–Kier alpha value is -2.63. The molecule has 0 aliphatic carbocycles. The molecule has 0 radical (unpaired) electrons. The van der Waals surface area contributed by atoms with E-state index in [0.717, 1.165) is 11.3 Å². The van der Waals surface area contributed by atoms with Gasteiger partial charge in [-0.15, -0.1) is 11.3 Å². The number of halogens is 3. The fraction of sp³-hybridized carbons (Fsp3) is 0.174. The van der Waals surface area contributed by atoms with Crippen molar-refractivity contribution in [3.8, 4) is 11.5 Å². The van der Waals surface area contributed by atoms with E-state index < -0.39 is 5.91 Å². The summed E-state index contributed by atoms with van der Waals surface area (Å²) < 4.78 is 11.8. The van der Waals surface area contributed by atoms with Crippen LogP contribution in [0.25, 0.3) is 10.2 Å². The molecule has 35 heavy (non-hydrogen) atoms. The number of thiophene rings is 1. The third-order valence-electron chi connectivity index (χ3n) is 5.10. The SMILES string of the molecule is COc1c(Cl)c(NC(=O)c2csc3c(Nc4ccc(CCO)cc4)ncnc23)c(Cl)c(OC)c1Br. The lowest BCUT2D eigenvalue weighted by Gasteiger charge is -2.17. The summed E-state index contributed by atoms with van der Waals surface area (Å²) in [6.07, 6.45) is 1.98. The van der Waals surface area contributed by atoms with Crippen LogP contribution in [0.4, 0.5) is 17.2 Å². The highest BCUT2D eigenvalue weighted by Gasteiger charge is 2.25. The first-order chi connectivity index (χ1) is 16.9. The molecule has 0 saturated carbocycles. The lowest BCUT2D eigenvalue weighted by Crippen LogP contribution is -2.13. The number of ether oxygens (including phenoxy) is 2. The number of carbonyl (C=O) groups is 1. The number of hydrogen-bond donors (Lipinski definition) is 3. The molecule has 4 rings (SSSR count). The molecule has 2 aromatic carbocycles. The van der Waals surface area contributed by atoms with E-state index in [1.165, 1.54) is 31.9 Å². The molecule has 0 bridgehead atoms. The molecule has 2 aromatic heterocycles. The largest absolute Gasteiger partial charge is 0.494 e. The fourth-order valence-corrected chi connectivity index (χ4v) is 5.96. The monoisotopic (exact) mass is 596 g/mol. The standard InChI is InChI=1S/C23H19BrCl2N4O4S/c1-33-19-14(24)20(34-2)16(26)18(15(19)25)30-23(32)13-9-35-21-17(13)27-10-28-22(21)29-12-5-3-11(4-6-12)7-8-31/h3-6,9-10,31H,7-8H2,1-2H3,(H,30,32)(H,27,28,29). The Labute approximate surface area is 223 Å². The summed E-state index contributed by atoms with van der Waals surface area (Å²) in [5, 5.41) is 17.0. The van der Waals surface area contributed by atoms with Crippen LogP contribution < -0.4 is 20.1 Å². The quantitative estimate of drug-likeness (QED) is 0.218. The van der Waals surface area contributed by atoms with Crippen molar-refractivity contribution in [3.05, 3.63) is 61.6 Å². The molecule has 2 heterocycles. The predicted molar refractivity (Wildman–Crippen MR) is 143 cm³/mol. The topological polar surface area (TPSA) is 106 Å². The van der Waals surface area contributed by atoms with Crippen LogP contribution >= 0.6 is 50.5 Å². The molecule has 0 fully saturated rings. The van der Waals surface area contributed by atoms with Gasteiger partial charge in [0, 0.05) is 17.7 Å². The normalized spacial score (nSPS) is 10.9. The van der Waals surface area contributed by atoms with Crippen molar-refractivity contribution < 1.29 is 19.4 Å². The number of hydrogen-bond acceptors (Lipinski definition) is 8. The number of rotatable bonds is 8. The zero-order valence-electron chi connectivity index (χ0n) is 18.5. The number of aromatic nitrogens is 2. The third-order valence-corrected chi connectivity index (χ3v) is 7.52. The number of fused-ring (bicyclic) bond motifs is 1. The molecule has 4 aromatic rings. The van der Waals surface area contributed by atoms with Crippen molar-refractivity contribution >= 4 is 83.8 Å². The van der Waals surface area contributed by atoms with Gasteiger partial charge in [0.1, 0.15) is 20.8 Å². The van der Waals surface area contributed by atoms with E-state index in [4.69, 9.17) is 37.8 Å². The molecular formula is C23H19BrCl2N4O4S. The molecule has 0 atom stereocenters. The van der Waals surface area contributed by atoms with Crippen LogP contribution in [0.3, 0.4) is 0 Å². The van der Waals surface area contributed by atoms with Crippen LogP contribution in [-0.4, -0.2) is 41.8 Å². The van der Waals surface area contributed by atoms with E-state index in [2.05, 4.69) is 36.5 Å². The Morgan fingerprint density at radius 1 is 1.11 bits per heavy atom. The average molecular weight is 598 g/mol. The maximum atomic E-state index is 13.2. The van der Waals surface area contributed by atoms with Gasteiger partial charge < -0.3 is 25.2 Å². The predicted octanol–water partition coefficient (Wildman–Crippen LogP) is 6.31. The number of carbonyl (C=O) groups excluding carboxylic acids is 1. The molecule has 3 N–H and O–H groups in total. The Kier molecular flexibility index (Phi) is 7.98. The van der Waals surface area contributed by atoms with Crippen molar-refractivity contribution in [1.29, 1.82) is 0 Å². The lowest BCUT2D eigenvalue weighted by molar-refractivity contribution is 0.102. The molecule has 12 heteroatoms. The van der Waals surface area contributed by atoms with Gasteiger partial charge >= 0.3 is 0 Å².